The fourth-order valence-corrected chi connectivity index (χ4v) is 3.00. The molecule has 1 heterocycles. The molecule has 0 saturated carbocycles. The van der Waals surface area contributed by atoms with Gasteiger partial charge in [0.1, 0.15) is 5.79 Å². The molecule has 0 aromatic carbocycles. The molecule has 1 aliphatic heterocycles. The molecule has 21 heavy (non-hydrogen) atoms. The number of rotatable bonds is 6. The first-order valence-corrected chi connectivity index (χ1v) is 7.26. The van der Waals surface area contributed by atoms with Crippen LogP contribution in [0.4, 0.5) is 0 Å². The topological polar surface area (TPSA) is 47.9 Å². The summed E-state index contributed by atoms with van der Waals surface area (Å²) in [5.74, 6) is -0.128. The zero-order valence-electron chi connectivity index (χ0n) is 14.2. The van der Waals surface area contributed by atoms with Gasteiger partial charge in [-0.3, -0.25) is 5.73 Å². The molecule has 0 bridgehead atoms. The van der Waals surface area contributed by atoms with Gasteiger partial charge >= 0.3 is 18.9 Å². The summed E-state index contributed by atoms with van der Waals surface area (Å²) in [5, 5.41) is 9.54. The monoisotopic (exact) mass is 290 g/mol. The quantitative estimate of drug-likeness (QED) is 0.311. The van der Waals surface area contributed by atoms with Gasteiger partial charge in [0, 0.05) is 19.6 Å². The van der Waals surface area contributed by atoms with Gasteiger partial charge in [-0.1, -0.05) is 20.8 Å². The van der Waals surface area contributed by atoms with Crippen molar-refractivity contribution in [1.29, 1.82) is 0 Å². The van der Waals surface area contributed by atoms with Crippen LogP contribution in [0.25, 0.3) is 0 Å². The third-order valence-electron chi connectivity index (χ3n) is 4.27. The average Bonchev–Trinajstić information content (AvgIpc) is 2.44. The van der Waals surface area contributed by atoms with Crippen molar-refractivity contribution in [3.8, 4) is 0 Å². The molecule has 0 aliphatic carbocycles. The van der Waals surface area contributed by atoms with Crippen LogP contribution in [0.1, 0.15) is 33.6 Å². The van der Waals surface area contributed by atoms with Crippen molar-refractivity contribution >= 4 is 0 Å². The molecule has 1 saturated heterocycles. The first-order chi connectivity index (χ1) is 9.54. The molecule has 4 nitrogen and oxygen atoms in total. The first-order valence-electron chi connectivity index (χ1n) is 7.26. The molecular formula is C16H27LiO4. The van der Waals surface area contributed by atoms with Crippen LogP contribution in [0.5, 0.6) is 0 Å². The fourth-order valence-electron chi connectivity index (χ4n) is 3.00. The number of aliphatic hydroxyl groups excluding tert-OH is 1. The third kappa shape index (κ3) is 4.89. The maximum atomic E-state index is 9.54. The molecule has 1 N–H and O–H groups in total. The number of aliphatic hydroxyl groups is 1. The van der Waals surface area contributed by atoms with E-state index in [0.717, 1.165) is 12.8 Å². The zero-order valence-corrected chi connectivity index (χ0v) is 14.2. The van der Waals surface area contributed by atoms with Gasteiger partial charge in [-0.2, -0.15) is 0 Å². The first kappa shape index (κ1) is 20.8. The van der Waals surface area contributed by atoms with E-state index in [9.17, 15) is 5.11 Å². The summed E-state index contributed by atoms with van der Waals surface area (Å²) in [6.45, 7) is 6.46. The standard InChI is InChI=1S/C16H27O4.Li/c1-6-14(11-17)15-12(2)10-13(3)16(19-5,20-15)8-7-9-18-4;/h8,12-15,17H,6,10-11H2,1-5H3;/q-1;+1/t12-,13+,14-,15-,16?;/m0./s1. The van der Waals surface area contributed by atoms with Crippen molar-refractivity contribution in [2.24, 2.45) is 17.8 Å². The fraction of sp³-hybridized carbons (Fsp3) is 0.812. The molecule has 1 aliphatic rings. The maximum absolute atomic E-state index is 9.54. The Hall–Kier alpha value is -0.203. The summed E-state index contributed by atoms with van der Waals surface area (Å²) < 4.78 is 16.6. The molecule has 0 amide bonds. The molecule has 5 atom stereocenters. The maximum Gasteiger partial charge on any atom is 1.00 e. The van der Waals surface area contributed by atoms with Gasteiger partial charge in [0.15, 0.2) is 0 Å². The molecule has 116 valence electrons. The minimum atomic E-state index is -0.828. The van der Waals surface area contributed by atoms with Gasteiger partial charge in [0.2, 0.25) is 0 Å². The predicted molar refractivity (Wildman–Crippen MR) is 76.8 cm³/mol. The largest absolute Gasteiger partial charge is 1.00 e. The van der Waals surface area contributed by atoms with Gasteiger partial charge in [-0.15, -0.1) is 6.08 Å². The summed E-state index contributed by atoms with van der Waals surface area (Å²) in [6.07, 6.45) is 6.09. The van der Waals surface area contributed by atoms with E-state index in [1.165, 1.54) is 7.11 Å². The second kappa shape index (κ2) is 9.74. The van der Waals surface area contributed by atoms with Crippen LogP contribution in [-0.2, 0) is 14.2 Å². The van der Waals surface area contributed by atoms with E-state index in [1.54, 1.807) is 13.2 Å². The van der Waals surface area contributed by atoms with Crippen molar-refractivity contribution in [3.63, 3.8) is 0 Å². The SMILES string of the molecule is CC[C@@H](CO)[C@H]1OC(C=C=[C-]OC)(OC)[C@H](C)C[C@@H]1C.[Li+]. The zero-order chi connectivity index (χ0) is 15.2. The van der Waals surface area contributed by atoms with E-state index >= 15 is 0 Å². The van der Waals surface area contributed by atoms with Crippen molar-refractivity contribution in [1.82, 2.24) is 0 Å². The number of hydrogen-bond acceptors (Lipinski definition) is 4. The molecule has 0 aromatic heterocycles. The summed E-state index contributed by atoms with van der Waals surface area (Å²) in [7, 11) is 3.16. The Morgan fingerprint density at radius 3 is 2.62 bits per heavy atom. The molecule has 5 heteroatoms. The van der Waals surface area contributed by atoms with Gasteiger partial charge in [-0.05, 0) is 30.9 Å². The third-order valence-corrected chi connectivity index (χ3v) is 4.27. The molecular weight excluding hydrogens is 263 g/mol. The average molecular weight is 290 g/mol. The van der Waals surface area contributed by atoms with Gasteiger partial charge in [0.25, 0.3) is 0 Å². The summed E-state index contributed by atoms with van der Waals surface area (Å²) in [4.78, 5) is 0. The van der Waals surface area contributed by atoms with E-state index in [0.29, 0.717) is 5.92 Å². The molecule has 1 fully saturated rings. The molecule has 0 radical (unpaired) electrons. The predicted octanol–water partition coefficient (Wildman–Crippen LogP) is -0.469. The Kier molecular flexibility index (Phi) is 9.65. The summed E-state index contributed by atoms with van der Waals surface area (Å²) in [5.41, 5.74) is 2.83. The Morgan fingerprint density at radius 2 is 2.14 bits per heavy atom. The minimum Gasteiger partial charge on any atom is -0.588 e. The van der Waals surface area contributed by atoms with Gasteiger partial charge in [0.05, 0.1) is 13.2 Å². The van der Waals surface area contributed by atoms with Crippen molar-refractivity contribution < 1.29 is 38.2 Å². The molecule has 0 spiro atoms. The number of methoxy groups -OCH3 is 2. The molecule has 1 unspecified atom stereocenters. The van der Waals surface area contributed by atoms with Crippen LogP contribution in [0.15, 0.2) is 11.8 Å². The Balaban J connectivity index is 0.00000400. The van der Waals surface area contributed by atoms with Gasteiger partial charge < -0.3 is 19.3 Å². The smallest absolute Gasteiger partial charge is 0.588 e. The van der Waals surface area contributed by atoms with E-state index in [-0.39, 0.29) is 43.4 Å². The summed E-state index contributed by atoms with van der Waals surface area (Å²) >= 11 is 0. The Bertz CT molecular complexity index is 350. The normalized spacial score (nSPS) is 33.3. The molecule has 0 aromatic rings. The van der Waals surface area contributed by atoms with Gasteiger partial charge in [-0.25, -0.2) is 0 Å². The number of hydrogen-bond donors (Lipinski definition) is 1. The summed E-state index contributed by atoms with van der Waals surface area (Å²) in [6, 6.07) is 0. The van der Waals surface area contributed by atoms with Crippen molar-refractivity contribution in [3.05, 3.63) is 18.1 Å². The van der Waals surface area contributed by atoms with E-state index < -0.39 is 5.79 Å². The molecule has 1 rings (SSSR count). The van der Waals surface area contributed by atoms with Crippen LogP contribution in [0.2, 0.25) is 0 Å². The van der Waals surface area contributed by atoms with Crippen LogP contribution >= 0.6 is 0 Å². The Morgan fingerprint density at radius 1 is 1.48 bits per heavy atom. The van der Waals surface area contributed by atoms with E-state index in [2.05, 4.69) is 32.8 Å². The van der Waals surface area contributed by atoms with Crippen molar-refractivity contribution in [2.75, 3.05) is 20.8 Å². The van der Waals surface area contributed by atoms with E-state index in [1.807, 2.05) is 0 Å². The van der Waals surface area contributed by atoms with E-state index in [4.69, 9.17) is 14.2 Å². The second-order valence-corrected chi connectivity index (χ2v) is 5.57. The minimum absolute atomic E-state index is 0. The van der Waals surface area contributed by atoms with Crippen LogP contribution in [0, 0.1) is 24.0 Å². The van der Waals surface area contributed by atoms with Crippen LogP contribution in [-0.4, -0.2) is 37.8 Å². The van der Waals surface area contributed by atoms with Crippen LogP contribution < -0.4 is 18.9 Å². The number of ether oxygens (including phenoxy) is 3. The van der Waals surface area contributed by atoms with Crippen LogP contribution in [0.3, 0.4) is 0 Å². The second-order valence-electron chi connectivity index (χ2n) is 5.57. The Labute approximate surface area is 140 Å². The van der Waals surface area contributed by atoms with Crippen molar-refractivity contribution in [2.45, 2.75) is 45.5 Å².